The molecule has 4 atom stereocenters. The zero-order chi connectivity index (χ0) is 22.0. The Morgan fingerprint density at radius 2 is 1.87 bits per heavy atom. The molecular formula is C25H25N3O3. The van der Waals surface area contributed by atoms with Crippen LogP contribution in [0.25, 0.3) is 0 Å². The van der Waals surface area contributed by atoms with Crippen LogP contribution in [0.3, 0.4) is 0 Å². The maximum absolute atomic E-state index is 13.6. The van der Waals surface area contributed by atoms with Crippen molar-refractivity contribution in [1.82, 2.24) is 10.2 Å². The summed E-state index contributed by atoms with van der Waals surface area (Å²) in [6.07, 6.45) is 6.44. The number of carbonyl (C=O) groups is 2. The van der Waals surface area contributed by atoms with Crippen LogP contribution in [-0.4, -0.2) is 40.1 Å². The first kappa shape index (κ1) is 19.5. The standard InChI is InChI=1S/C25H25N3O3/c1-4-24(2,3)25-14-20-21(30)26-19(13-15-9-11-16(29)12-10-15)22(31)28(20)23(25)27-18-8-6-5-7-17(18)25/h1,5-12,19-20,23,27,29H,13-14H2,2-3H3,(H,26,30)/t19-,20+,23+,25-/m0/s1. The van der Waals surface area contributed by atoms with Crippen molar-refractivity contribution in [3.8, 4) is 18.1 Å². The van der Waals surface area contributed by atoms with Crippen LogP contribution >= 0.6 is 0 Å². The number of hydrogen-bond donors (Lipinski definition) is 3. The van der Waals surface area contributed by atoms with Gasteiger partial charge >= 0.3 is 0 Å². The molecule has 158 valence electrons. The number of amides is 2. The molecule has 0 unspecified atom stereocenters. The smallest absolute Gasteiger partial charge is 0.247 e. The summed E-state index contributed by atoms with van der Waals surface area (Å²) >= 11 is 0. The molecule has 0 aliphatic carbocycles. The lowest BCUT2D eigenvalue weighted by Gasteiger charge is -2.43. The van der Waals surface area contributed by atoms with Gasteiger partial charge in [0.15, 0.2) is 0 Å². The Morgan fingerprint density at radius 3 is 2.58 bits per heavy atom. The summed E-state index contributed by atoms with van der Waals surface area (Å²) in [5.41, 5.74) is 1.74. The van der Waals surface area contributed by atoms with E-state index < -0.39 is 22.9 Å². The number of piperazine rings is 1. The number of aromatic hydroxyl groups is 1. The summed E-state index contributed by atoms with van der Waals surface area (Å²) in [5, 5.41) is 16.0. The maximum atomic E-state index is 13.6. The van der Waals surface area contributed by atoms with E-state index in [0.717, 1.165) is 16.8 Å². The van der Waals surface area contributed by atoms with Crippen LogP contribution in [0, 0.1) is 17.8 Å². The van der Waals surface area contributed by atoms with Gasteiger partial charge in [0.05, 0.1) is 5.41 Å². The van der Waals surface area contributed by atoms with E-state index >= 15 is 0 Å². The van der Waals surface area contributed by atoms with Gasteiger partial charge in [0, 0.05) is 17.5 Å². The Bertz CT molecular complexity index is 1120. The van der Waals surface area contributed by atoms with Gasteiger partial charge in [0.1, 0.15) is 24.0 Å². The number of fused-ring (bicyclic) bond motifs is 5. The average molecular weight is 415 g/mol. The predicted octanol–water partition coefficient (Wildman–Crippen LogP) is 2.38. The average Bonchev–Trinajstić information content (AvgIpc) is 3.27. The minimum atomic E-state index is -0.663. The number of anilines is 1. The number of carbonyl (C=O) groups excluding carboxylic acids is 2. The van der Waals surface area contributed by atoms with E-state index in [-0.39, 0.29) is 23.7 Å². The first-order valence-corrected chi connectivity index (χ1v) is 10.5. The SMILES string of the molecule is C#CC(C)(C)[C@]12C[C@@H]3C(=O)N[C@@H](Cc4ccc(O)cc4)C(=O)N3[C@H]1Nc1ccccc12. The van der Waals surface area contributed by atoms with E-state index in [1.807, 2.05) is 32.0 Å². The molecule has 2 aromatic carbocycles. The number of nitrogens with one attached hydrogen (secondary N) is 2. The molecule has 0 spiro atoms. The Kier molecular flexibility index (Phi) is 4.10. The number of terminal acetylenes is 1. The highest BCUT2D eigenvalue weighted by atomic mass is 16.3. The molecule has 3 N–H and O–H groups in total. The Hall–Kier alpha value is -3.46. The molecule has 2 aromatic rings. The van der Waals surface area contributed by atoms with Crippen LogP contribution in [-0.2, 0) is 21.4 Å². The zero-order valence-corrected chi connectivity index (χ0v) is 17.6. The van der Waals surface area contributed by atoms with Crippen molar-refractivity contribution in [2.75, 3.05) is 5.32 Å². The van der Waals surface area contributed by atoms with Crippen LogP contribution in [0.4, 0.5) is 5.69 Å². The van der Waals surface area contributed by atoms with Gasteiger partial charge in [-0.2, -0.15) is 0 Å². The molecule has 0 bridgehead atoms. The summed E-state index contributed by atoms with van der Waals surface area (Å²) < 4.78 is 0. The number of benzene rings is 2. The summed E-state index contributed by atoms with van der Waals surface area (Å²) in [6, 6.07) is 13.4. The van der Waals surface area contributed by atoms with E-state index in [1.54, 1.807) is 29.2 Å². The van der Waals surface area contributed by atoms with E-state index in [1.165, 1.54) is 0 Å². The molecule has 31 heavy (non-hydrogen) atoms. The molecule has 6 nitrogen and oxygen atoms in total. The quantitative estimate of drug-likeness (QED) is 0.673. The zero-order valence-electron chi connectivity index (χ0n) is 17.6. The number of para-hydroxylation sites is 1. The van der Waals surface area contributed by atoms with E-state index in [0.29, 0.717) is 12.8 Å². The van der Waals surface area contributed by atoms with Gasteiger partial charge in [-0.05, 0) is 49.6 Å². The number of nitrogens with zero attached hydrogens (tertiary/aromatic N) is 1. The van der Waals surface area contributed by atoms with Crippen molar-refractivity contribution in [3.05, 3.63) is 59.7 Å². The first-order chi connectivity index (χ1) is 14.8. The highest BCUT2D eigenvalue weighted by Crippen LogP contribution is 2.59. The maximum Gasteiger partial charge on any atom is 0.247 e. The van der Waals surface area contributed by atoms with Crippen molar-refractivity contribution in [3.63, 3.8) is 0 Å². The molecule has 0 radical (unpaired) electrons. The minimum Gasteiger partial charge on any atom is -0.508 e. The van der Waals surface area contributed by atoms with Crippen LogP contribution in [0.2, 0.25) is 0 Å². The lowest BCUT2D eigenvalue weighted by Crippen LogP contribution is -2.64. The summed E-state index contributed by atoms with van der Waals surface area (Å²) in [6.45, 7) is 4.02. The second-order valence-corrected chi connectivity index (χ2v) is 9.23. The van der Waals surface area contributed by atoms with Gasteiger partial charge in [-0.1, -0.05) is 36.3 Å². The van der Waals surface area contributed by atoms with E-state index in [2.05, 4.69) is 22.6 Å². The molecular weight excluding hydrogens is 390 g/mol. The fourth-order valence-electron chi connectivity index (χ4n) is 5.61. The van der Waals surface area contributed by atoms with Crippen molar-refractivity contribution in [2.24, 2.45) is 5.41 Å². The molecule has 5 rings (SSSR count). The molecule has 6 heteroatoms. The fourth-order valence-corrected chi connectivity index (χ4v) is 5.61. The van der Waals surface area contributed by atoms with Gasteiger partial charge in [0.2, 0.25) is 11.8 Å². The van der Waals surface area contributed by atoms with Gasteiger partial charge in [-0.25, -0.2) is 0 Å². The number of hydrogen-bond acceptors (Lipinski definition) is 4. The second-order valence-electron chi connectivity index (χ2n) is 9.23. The van der Waals surface area contributed by atoms with Gasteiger partial charge in [0.25, 0.3) is 0 Å². The molecule has 0 aromatic heterocycles. The molecule has 3 aliphatic rings. The highest BCUT2D eigenvalue weighted by molar-refractivity contribution is 5.99. The minimum absolute atomic E-state index is 0.113. The van der Waals surface area contributed by atoms with Gasteiger partial charge in [-0.15, -0.1) is 6.42 Å². The molecule has 2 fully saturated rings. The fraction of sp³-hybridized carbons (Fsp3) is 0.360. The Labute approximate surface area is 181 Å². The van der Waals surface area contributed by atoms with Crippen molar-refractivity contribution in [1.29, 1.82) is 0 Å². The Morgan fingerprint density at radius 1 is 1.16 bits per heavy atom. The van der Waals surface area contributed by atoms with Crippen molar-refractivity contribution in [2.45, 2.75) is 50.4 Å². The van der Waals surface area contributed by atoms with Crippen LogP contribution in [0.5, 0.6) is 5.75 Å². The second kappa shape index (κ2) is 6.52. The monoisotopic (exact) mass is 415 g/mol. The highest BCUT2D eigenvalue weighted by Gasteiger charge is 2.67. The lowest BCUT2D eigenvalue weighted by atomic mass is 9.60. The number of phenolic OH excluding ortho intramolecular Hbond substituents is 1. The first-order valence-electron chi connectivity index (χ1n) is 10.5. The summed E-state index contributed by atoms with van der Waals surface area (Å²) in [5.74, 6) is 2.85. The molecule has 2 amide bonds. The van der Waals surface area contributed by atoms with Gasteiger partial charge in [-0.3, -0.25) is 9.59 Å². The molecule has 2 saturated heterocycles. The summed E-state index contributed by atoms with van der Waals surface area (Å²) in [7, 11) is 0. The summed E-state index contributed by atoms with van der Waals surface area (Å²) in [4.78, 5) is 28.5. The number of phenols is 1. The largest absolute Gasteiger partial charge is 0.508 e. The van der Waals surface area contributed by atoms with Crippen LogP contribution in [0.15, 0.2) is 48.5 Å². The van der Waals surface area contributed by atoms with Gasteiger partial charge < -0.3 is 20.6 Å². The normalized spacial score (nSPS) is 28.8. The third kappa shape index (κ3) is 2.59. The van der Waals surface area contributed by atoms with E-state index in [4.69, 9.17) is 6.42 Å². The van der Waals surface area contributed by atoms with Crippen LogP contribution in [0.1, 0.15) is 31.4 Å². The molecule has 0 saturated carbocycles. The van der Waals surface area contributed by atoms with Crippen molar-refractivity contribution < 1.29 is 14.7 Å². The molecule has 3 aliphatic heterocycles. The lowest BCUT2D eigenvalue weighted by molar-refractivity contribution is -0.148. The third-order valence-electron chi connectivity index (χ3n) is 7.32. The molecule has 3 heterocycles. The predicted molar refractivity (Wildman–Crippen MR) is 117 cm³/mol. The van der Waals surface area contributed by atoms with E-state index in [9.17, 15) is 14.7 Å². The van der Waals surface area contributed by atoms with Crippen molar-refractivity contribution >= 4 is 17.5 Å². The third-order valence-corrected chi connectivity index (χ3v) is 7.32. The van der Waals surface area contributed by atoms with Crippen LogP contribution < -0.4 is 10.6 Å². The topological polar surface area (TPSA) is 81.7 Å². The number of rotatable bonds is 3. The Balaban J connectivity index is 1.55.